The highest BCUT2D eigenvalue weighted by Gasteiger charge is 2.35. The van der Waals surface area contributed by atoms with Crippen LogP contribution in [0, 0.1) is 5.92 Å². The molecule has 1 saturated carbocycles. The van der Waals surface area contributed by atoms with Gasteiger partial charge in [-0.05, 0) is 49.8 Å². The van der Waals surface area contributed by atoms with Crippen LogP contribution < -0.4 is 5.73 Å². The van der Waals surface area contributed by atoms with Gasteiger partial charge in [0.05, 0.1) is 23.9 Å². The van der Waals surface area contributed by atoms with Crippen LogP contribution in [0.25, 0.3) is 10.9 Å². The molecular formula is C23H30Cl2N6O2. The lowest BCUT2D eigenvalue weighted by molar-refractivity contribution is 0.0758. The molecule has 3 heterocycles. The van der Waals surface area contributed by atoms with Crippen molar-refractivity contribution in [3.05, 3.63) is 54.0 Å². The van der Waals surface area contributed by atoms with E-state index >= 15 is 0 Å². The molecule has 5 rings (SSSR count). The van der Waals surface area contributed by atoms with E-state index in [0.29, 0.717) is 25.2 Å². The van der Waals surface area contributed by atoms with Gasteiger partial charge in [-0.1, -0.05) is 23.4 Å². The predicted molar refractivity (Wildman–Crippen MR) is 131 cm³/mol. The van der Waals surface area contributed by atoms with Crippen molar-refractivity contribution in [2.24, 2.45) is 11.7 Å². The van der Waals surface area contributed by atoms with Crippen molar-refractivity contribution in [3.63, 3.8) is 0 Å². The minimum atomic E-state index is -0.564. The summed E-state index contributed by atoms with van der Waals surface area (Å²) in [4.78, 5) is 19.1. The highest BCUT2D eigenvalue weighted by Crippen LogP contribution is 2.28. The molecule has 2 aromatic heterocycles. The van der Waals surface area contributed by atoms with Crippen molar-refractivity contribution < 1.29 is 9.90 Å². The lowest BCUT2D eigenvalue weighted by atomic mass is 9.92. The third-order valence-electron chi connectivity index (χ3n) is 6.76. The highest BCUT2D eigenvalue weighted by atomic mass is 35.5. The van der Waals surface area contributed by atoms with Crippen LogP contribution in [0.4, 0.5) is 0 Å². The SMILES string of the molecule is Cl.Cl.NC1CCC(n2cc(C(=O)N3C[C@@H](Cc4ccnc5ccccc45)[C@H](O)C3)nn2)CC1. The van der Waals surface area contributed by atoms with Crippen LogP contribution in [0.2, 0.25) is 0 Å². The van der Waals surface area contributed by atoms with E-state index in [4.69, 9.17) is 5.73 Å². The number of β-amino-alcohol motifs (C(OH)–C–C–N with tert-alkyl or cyclic N) is 1. The van der Waals surface area contributed by atoms with Crippen LogP contribution >= 0.6 is 24.8 Å². The molecule has 0 radical (unpaired) electrons. The fraction of sp³-hybridized carbons (Fsp3) is 0.478. The Morgan fingerprint density at radius 3 is 2.64 bits per heavy atom. The van der Waals surface area contributed by atoms with Gasteiger partial charge in [-0.3, -0.25) is 9.78 Å². The van der Waals surface area contributed by atoms with E-state index in [0.717, 1.165) is 42.1 Å². The van der Waals surface area contributed by atoms with Gasteiger partial charge in [0, 0.05) is 36.6 Å². The number of benzene rings is 1. The zero-order chi connectivity index (χ0) is 21.4. The molecule has 1 saturated heterocycles. The monoisotopic (exact) mass is 492 g/mol. The summed E-state index contributed by atoms with van der Waals surface area (Å²) in [6.45, 7) is 0.819. The maximum atomic E-state index is 13.0. The number of pyridine rings is 1. The minimum absolute atomic E-state index is 0. The number of aliphatic hydroxyl groups is 1. The van der Waals surface area contributed by atoms with Crippen LogP contribution in [0.5, 0.6) is 0 Å². The number of rotatable bonds is 4. The molecule has 8 nitrogen and oxygen atoms in total. The van der Waals surface area contributed by atoms with Gasteiger partial charge in [-0.15, -0.1) is 29.9 Å². The first kappa shape index (κ1) is 25.4. The predicted octanol–water partition coefficient (Wildman–Crippen LogP) is 2.79. The molecule has 1 amide bonds. The van der Waals surface area contributed by atoms with Crippen molar-refractivity contribution in [1.82, 2.24) is 24.9 Å². The number of hydrogen-bond donors (Lipinski definition) is 2. The van der Waals surface area contributed by atoms with Crippen LogP contribution in [0.1, 0.15) is 47.8 Å². The summed E-state index contributed by atoms with van der Waals surface area (Å²) in [5.41, 5.74) is 8.42. The Morgan fingerprint density at radius 2 is 1.85 bits per heavy atom. The van der Waals surface area contributed by atoms with E-state index in [-0.39, 0.29) is 48.7 Å². The number of carbonyl (C=O) groups is 1. The first-order chi connectivity index (χ1) is 15.1. The smallest absolute Gasteiger partial charge is 0.276 e. The first-order valence-electron chi connectivity index (χ1n) is 11.1. The van der Waals surface area contributed by atoms with E-state index in [1.54, 1.807) is 17.3 Å². The molecule has 1 aliphatic heterocycles. The average Bonchev–Trinajstić information content (AvgIpc) is 3.42. The zero-order valence-electron chi connectivity index (χ0n) is 18.3. The summed E-state index contributed by atoms with van der Waals surface area (Å²) >= 11 is 0. The van der Waals surface area contributed by atoms with Gasteiger partial charge in [0.2, 0.25) is 0 Å². The molecule has 33 heavy (non-hydrogen) atoms. The van der Waals surface area contributed by atoms with E-state index in [1.807, 2.05) is 28.9 Å². The molecule has 3 aromatic rings. The topological polar surface area (TPSA) is 110 Å². The van der Waals surface area contributed by atoms with Gasteiger partial charge in [0.15, 0.2) is 5.69 Å². The number of likely N-dealkylation sites (tertiary alicyclic amines) is 1. The maximum Gasteiger partial charge on any atom is 0.276 e. The van der Waals surface area contributed by atoms with Crippen LogP contribution in [0.15, 0.2) is 42.7 Å². The number of para-hydroxylation sites is 1. The Morgan fingerprint density at radius 1 is 1.09 bits per heavy atom. The number of halogens is 2. The second-order valence-corrected chi connectivity index (χ2v) is 8.88. The van der Waals surface area contributed by atoms with E-state index in [9.17, 15) is 9.90 Å². The first-order valence-corrected chi connectivity index (χ1v) is 11.1. The van der Waals surface area contributed by atoms with Crippen molar-refractivity contribution >= 4 is 41.6 Å². The maximum absolute atomic E-state index is 13.0. The fourth-order valence-electron chi connectivity index (χ4n) is 4.92. The summed E-state index contributed by atoms with van der Waals surface area (Å²) < 4.78 is 1.81. The second kappa shape index (κ2) is 10.8. The molecule has 10 heteroatoms. The Labute approximate surface area is 205 Å². The number of aromatic nitrogens is 4. The molecule has 1 aliphatic carbocycles. The molecule has 3 N–H and O–H groups in total. The molecule has 0 bridgehead atoms. The van der Waals surface area contributed by atoms with Crippen LogP contribution in [-0.2, 0) is 6.42 Å². The fourth-order valence-corrected chi connectivity index (χ4v) is 4.92. The third-order valence-corrected chi connectivity index (χ3v) is 6.76. The molecule has 2 atom stereocenters. The molecule has 1 aromatic carbocycles. The molecular weight excluding hydrogens is 463 g/mol. The Balaban J connectivity index is 0.00000153. The molecule has 2 fully saturated rings. The lowest BCUT2D eigenvalue weighted by Crippen LogP contribution is -2.30. The van der Waals surface area contributed by atoms with Crippen molar-refractivity contribution in [2.75, 3.05) is 13.1 Å². The number of nitrogens with two attached hydrogens (primary N) is 1. The molecule has 2 aliphatic rings. The van der Waals surface area contributed by atoms with Gasteiger partial charge >= 0.3 is 0 Å². The van der Waals surface area contributed by atoms with Crippen molar-refractivity contribution in [3.8, 4) is 0 Å². The highest BCUT2D eigenvalue weighted by molar-refractivity contribution is 5.92. The summed E-state index contributed by atoms with van der Waals surface area (Å²) in [5, 5.41) is 20.1. The van der Waals surface area contributed by atoms with Gasteiger partial charge in [-0.2, -0.15) is 0 Å². The Hall–Kier alpha value is -2.26. The van der Waals surface area contributed by atoms with Crippen LogP contribution in [-0.4, -0.2) is 61.1 Å². The van der Waals surface area contributed by atoms with Crippen LogP contribution in [0.3, 0.4) is 0 Å². The standard InChI is InChI=1S/C23H28N6O2.2ClH/c24-17-5-7-18(8-6-17)29-13-21(26-27-29)23(31)28-12-16(22(30)14-28)11-15-9-10-25-20-4-2-1-3-19(15)20;;/h1-4,9-10,13,16-18,22,30H,5-8,11-12,14,24H2;2*1H/t16-,17?,18?,22-;;/m1../s1. The second-order valence-electron chi connectivity index (χ2n) is 8.88. The quantitative estimate of drug-likeness (QED) is 0.579. The van der Waals surface area contributed by atoms with Gasteiger partial charge < -0.3 is 15.7 Å². The molecule has 178 valence electrons. The zero-order valence-corrected chi connectivity index (χ0v) is 19.9. The minimum Gasteiger partial charge on any atom is -0.391 e. The number of aliphatic hydroxyl groups excluding tert-OH is 1. The number of hydrogen-bond acceptors (Lipinski definition) is 6. The van der Waals surface area contributed by atoms with Gasteiger partial charge in [0.25, 0.3) is 5.91 Å². The number of amides is 1. The van der Waals surface area contributed by atoms with Gasteiger partial charge in [0.1, 0.15) is 0 Å². The van der Waals surface area contributed by atoms with Crippen molar-refractivity contribution in [2.45, 2.75) is 50.3 Å². The summed E-state index contributed by atoms with van der Waals surface area (Å²) in [5.74, 6) is -0.190. The van der Waals surface area contributed by atoms with E-state index in [1.165, 1.54) is 0 Å². The van der Waals surface area contributed by atoms with Gasteiger partial charge in [-0.25, -0.2) is 4.68 Å². The van der Waals surface area contributed by atoms with E-state index < -0.39 is 6.10 Å². The lowest BCUT2D eigenvalue weighted by Gasteiger charge is -2.25. The number of fused-ring (bicyclic) bond motifs is 1. The van der Waals surface area contributed by atoms with Crippen molar-refractivity contribution in [1.29, 1.82) is 0 Å². The summed E-state index contributed by atoms with van der Waals surface area (Å²) in [6.07, 6.45) is 7.55. The summed E-state index contributed by atoms with van der Waals surface area (Å²) in [6, 6.07) is 10.5. The Kier molecular flexibility index (Phi) is 8.28. The van der Waals surface area contributed by atoms with E-state index in [2.05, 4.69) is 21.4 Å². The summed E-state index contributed by atoms with van der Waals surface area (Å²) in [7, 11) is 0. The number of nitrogens with zero attached hydrogens (tertiary/aromatic N) is 5. The average molecular weight is 493 g/mol. The normalized spacial score (nSPS) is 24.8. The Bertz CT molecular complexity index is 1080. The molecule has 0 unspecified atom stereocenters. The third kappa shape index (κ3) is 5.30. The molecule has 0 spiro atoms. The largest absolute Gasteiger partial charge is 0.391 e. The number of carbonyl (C=O) groups excluding carboxylic acids is 1.